The molecule has 0 aromatic heterocycles. The van der Waals surface area contributed by atoms with E-state index >= 15 is 0 Å². The molecule has 0 spiro atoms. The molecule has 3 heteroatoms. The zero-order valence-electron chi connectivity index (χ0n) is 14.1. The van der Waals surface area contributed by atoms with Gasteiger partial charge >= 0.3 is 0 Å². The quantitative estimate of drug-likeness (QED) is 0.901. The van der Waals surface area contributed by atoms with Gasteiger partial charge in [0.25, 0.3) is 0 Å². The summed E-state index contributed by atoms with van der Waals surface area (Å²) in [5, 5.41) is 3.63. The van der Waals surface area contributed by atoms with Gasteiger partial charge in [-0.3, -0.25) is 4.90 Å². The average Bonchev–Trinajstić information content (AvgIpc) is 2.36. The lowest BCUT2D eigenvalue weighted by molar-refractivity contribution is -0.130. The fourth-order valence-electron chi connectivity index (χ4n) is 3.32. The zero-order valence-corrected chi connectivity index (χ0v) is 14.1. The average molecular weight is 290 g/mol. The van der Waals surface area contributed by atoms with Crippen LogP contribution in [-0.2, 0) is 4.74 Å². The maximum Gasteiger partial charge on any atom is 0.0757 e. The number of benzene rings is 1. The van der Waals surface area contributed by atoms with E-state index in [1.54, 1.807) is 0 Å². The molecule has 2 unspecified atom stereocenters. The highest BCUT2D eigenvalue weighted by Crippen LogP contribution is 2.23. The van der Waals surface area contributed by atoms with Crippen molar-refractivity contribution in [3.8, 4) is 0 Å². The lowest BCUT2D eigenvalue weighted by atomic mass is 10.0. The van der Waals surface area contributed by atoms with Gasteiger partial charge < -0.3 is 10.1 Å². The second-order valence-electron chi connectivity index (χ2n) is 6.90. The Morgan fingerprint density at radius 2 is 2.00 bits per heavy atom. The Balaban J connectivity index is 2.07. The van der Waals surface area contributed by atoms with E-state index in [-0.39, 0.29) is 5.60 Å². The maximum atomic E-state index is 6.00. The molecular formula is C18H30N2O. The molecule has 1 aromatic rings. The predicted octanol–water partition coefficient (Wildman–Crippen LogP) is 3.14. The van der Waals surface area contributed by atoms with Crippen molar-refractivity contribution in [2.75, 3.05) is 26.2 Å². The summed E-state index contributed by atoms with van der Waals surface area (Å²) in [6.07, 6.45) is 0.300. The van der Waals surface area contributed by atoms with Crippen molar-refractivity contribution in [2.45, 2.75) is 52.4 Å². The molecular weight excluding hydrogens is 260 g/mol. The highest BCUT2D eigenvalue weighted by atomic mass is 16.5. The molecule has 3 nitrogen and oxygen atoms in total. The summed E-state index contributed by atoms with van der Waals surface area (Å²) in [6, 6.07) is 9.28. The summed E-state index contributed by atoms with van der Waals surface area (Å²) in [7, 11) is 0. The van der Waals surface area contributed by atoms with Crippen molar-refractivity contribution in [3.05, 3.63) is 35.4 Å². The molecule has 2 rings (SSSR count). The van der Waals surface area contributed by atoms with E-state index in [0.29, 0.717) is 12.1 Å². The third-order valence-corrected chi connectivity index (χ3v) is 4.01. The summed E-state index contributed by atoms with van der Waals surface area (Å²) in [5.41, 5.74) is 2.64. The van der Waals surface area contributed by atoms with E-state index < -0.39 is 0 Å². The van der Waals surface area contributed by atoms with E-state index in [1.165, 1.54) is 11.1 Å². The Labute approximate surface area is 129 Å². The van der Waals surface area contributed by atoms with Crippen LogP contribution < -0.4 is 5.32 Å². The first kappa shape index (κ1) is 16.5. The number of nitrogens with one attached hydrogen (secondary N) is 1. The molecule has 1 fully saturated rings. The summed E-state index contributed by atoms with van der Waals surface area (Å²) in [5.74, 6) is 0. The van der Waals surface area contributed by atoms with Crippen LogP contribution in [0.3, 0.4) is 0 Å². The van der Waals surface area contributed by atoms with Gasteiger partial charge in [-0.05, 0) is 39.8 Å². The lowest BCUT2D eigenvalue weighted by Crippen LogP contribution is -2.53. The summed E-state index contributed by atoms with van der Waals surface area (Å²) < 4.78 is 6.00. The Morgan fingerprint density at radius 1 is 1.33 bits per heavy atom. The van der Waals surface area contributed by atoms with Crippen molar-refractivity contribution < 1.29 is 4.74 Å². The highest BCUT2D eigenvalue weighted by Gasteiger charge is 2.32. The molecule has 0 radical (unpaired) electrons. The van der Waals surface area contributed by atoms with Crippen LogP contribution >= 0.6 is 0 Å². The second kappa shape index (κ2) is 6.91. The molecule has 118 valence electrons. The molecule has 0 amide bonds. The van der Waals surface area contributed by atoms with Gasteiger partial charge in [0.1, 0.15) is 0 Å². The maximum absolute atomic E-state index is 6.00. The molecule has 1 heterocycles. The third kappa shape index (κ3) is 4.80. The number of morpholine rings is 1. The lowest BCUT2D eigenvalue weighted by Gasteiger charge is -2.43. The van der Waals surface area contributed by atoms with E-state index in [0.717, 1.165) is 26.2 Å². The number of likely N-dealkylation sites (N-methyl/N-ethyl adjacent to an activating group) is 1. The fraction of sp³-hybridized carbons (Fsp3) is 0.667. The Bertz CT molecular complexity index is 441. The van der Waals surface area contributed by atoms with Crippen LogP contribution in [0.5, 0.6) is 0 Å². The molecule has 0 aliphatic carbocycles. The van der Waals surface area contributed by atoms with Crippen molar-refractivity contribution in [1.29, 1.82) is 0 Å². The number of nitrogens with zero attached hydrogens (tertiary/aromatic N) is 1. The molecule has 21 heavy (non-hydrogen) atoms. The molecule has 1 aliphatic heterocycles. The zero-order chi connectivity index (χ0) is 15.5. The van der Waals surface area contributed by atoms with Crippen molar-refractivity contribution in [3.63, 3.8) is 0 Å². The normalized spacial score (nSPS) is 24.0. The predicted molar refractivity (Wildman–Crippen MR) is 88.7 cm³/mol. The number of hydrogen-bond donors (Lipinski definition) is 1. The number of ether oxygens (including phenoxy) is 1. The van der Waals surface area contributed by atoms with Gasteiger partial charge in [-0.1, -0.05) is 36.8 Å². The summed E-state index contributed by atoms with van der Waals surface area (Å²) >= 11 is 0. The van der Waals surface area contributed by atoms with Crippen LogP contribution in [-0.4, -0.2) is 42.8 Å². The van der Waals surface area contributed by atoms with E-state index in [2.05, 4.69) is 69.1 Å². The van der Waals surface area contributed by atoms with Crippen molar-refractivity contribution >= 4 is 0 Å². The second-order valence-corrected chi connectivity index (χ2v) is 6.90. The molecule has 0 bridgehead atoms. The Kier molecular flexibility index (Phi) is 5.42. The minimum atomic E-state index is -0.0539. The smallest absolute Gasteiger partial charge is 0.0757 e. The third-order valence-electron chi connectivity index (χ3n) is 4.01. The van der Waals surface area contributed by atoms with E-state index in [4.69, 9.17) is 4.74 Å². The number of hydrogen-bond acceptors (Lipinski definition) is 3. The van der Waals surface area contributed by atoms with Gasteiger partial charge in [-0.25, -0.2) is 0 Å². The van der Waals surface area contributed by atoms with E-state index in [1.807, 2.05) is 0 Å². The van der Waals surface area contributed by atoms with Gasteiger partial charge in [0, 0.05) is 25.7 Å². The highest BCUT2D eigenvalue weighted by molar-refractivity contribution is 5.24. The number of rotatable bonds is 5. The van der Waals surface area contributed by atoms with Gasteiger partial charge in [0.15, 0.2) is 0 Å². The van der Waals surface area contributed by atoms with Gasteiger partial charge in [-0.15, -0.1) is 0 Å². The van der Waals surface area contributed by atoms with Crippen LogP contribution in [0.1, 0.15) is 44.9 Å². The van der Waals surface area contributed by atoms with Gasteiger partial charge in [-0.2, -0.15) is 0 Å². The topological polar surface area (TPSA) is 24.5 Å². The molecule has 2 atom stereocenters. The first-order chi connectivity index (χ1) is 9.89. The van der Waals surface area contributed by atoms with Crippen LogP contribution in [0.15, 0.2) is 24.3 Å². The monoisotopic (exact) mass is 290 g/mol. The van der Waals surface area contributed by atoms with Crippen LogP contribution in [0.25, 0.3) is 0 Å². The first-order valence-corrected chi connectivity index (χ1v) is 8.10. The molecule has 1 aromatic carbocycles. The van der Waals surface area contributed by atoms with Gasteiger partial charge in [0.05, 0.1) is 11.7 Å². The van der Waals surface area contributed by atoms with Crippen LogP contribution in [0.4, 0.5) is 0 Å². The Hall–Kier alpha value is -0.900. The van der Waals surface area contributed by atoms with Crippen molar-refractivity contribution in [1.82, 2.24) is 10.2 Å². The molecule has 1 aliphatic rings. The molecule has 1 saturated heterocycles. The summed E-state index contributed by atoms with van der Waals surface area (Å²) in [6.45, 7) is 14.9. The van der Waals surface area contributed by atoms with E-state index in [9.17, 15) is 0 Å². The van der Waals surface area contributed by atoms with Crippen molar-refractivity contribution in [2.24, 2.45) is 0 Å². The summed E-state index contributed by atoms with van der Waals surface area (Å²) in [4.78, 5) is 2.53. The minimum Gasteiger partial charge on any atom is -0.370 e. The molecule has 0 saturated carbocycles. The minimum absolute atomic E-state index is 0.0539. The number of aryl methyl sites for hydroxylation is 1. The largest absolute Gasteiger partial charge is 0.370 e. The molecule has 1 N–H and O–H groups in total. The van der Waals surface area contributed by atoms with Crippen LogP contribution in [0.2, 0.25) is 0 Å². The first-order valence-electron chi connectivity index (χ1n) is 8.10. The van der Waals surface area contributed by atoms with Crippen LogP contribution in [0, 0.1) is 6.92 Å². The van der Waals surface area contributed by atoms with Gasteiger partial charge in [0.2, 0.25) is 0 Å². The standard InChI is InChI=1S/C18H30N2O/c1-6-19-17(16-9-7-14(2)8-10-16)12-20-11-15(3)21-18(4,5)13-20/h7-10,15,17,19H,6,11-13H2,1-5H3. The fourth-order valence-corrected chi connectivity index (χ4v) is 3.32. The Morgan fingerprint density at radius 3 is 2.57 bits per heavy atom. The SMILES string of the molecule is CCNC(CN1CC(C)OC(C)(C)C1)c1ccc(C)cc1.